The second kappa shape index (κ2) is 6.53. The molecular weight excluding hydrogens is 292 g/mol. The third-order valence-electron chi connectivity index (χ3n) is 4.03. The molecule has 0 N–H and O–H groups in total. The van der Waals surface area contributed by atoms with Gasteiger partial charge in [-0.15, -0.1) is 11.3 Å². The van der Waals surface area contributed by atoms with Gasteiger partial charge in [0.2, 0.25) is 0 Å². The van der Waals surface area contributed by atoms with E-state index in [4.69, 9.17) is 4.42 Å². The lowest BCUT2D eigenvalue weighted by atomic mass is 9.82. The summed E-state index contributed by atoms with van der Waals surface area (Å²) >= 11 is 1.84. The van der Waals surface area contributed by atoms with E-state index >= 15 is 0 Å². The highest BCUT2D eigenvalue weighted by atomic mass is 32.1. The summed E-state index contributed by atoms with van der Waals surface area (Å²) in [6.07, 6.45) is 4.92. The summed E-state index contributed by atoms with van der Waals surface area (Å²) in [5, 5.41) is 1.22. The molecule has 2 heterocycles. The fraction of sp³-hybridized carbons (Fsp3) is 0.667. The number of rotatable bonds is 6. The molecule has 0 saturated heterocycles. The molecule has 2 rings (SSSR count). The lowest BCUT2D eigenvalue weighted by Crippen LogP contribution is -2.19. The van der Waals surface area contributed by atoms with E-state index in [9.17, 15) is 0 Å². The second-order valence-corrected chi connectivity index (χ2v) is 8.56. The van der Waals surface area contributed by atoms with Crippen LogP contribution in [-0.4, -0.2) is 9.97 Å². The van der Waals surface area contributed by atoms with Gasteiger partial charge in [-0.05, 0) is 12.3 Å². The first-order valence-corrected chi connectivity index (χ1v) is 8.94. The average Bonchev–Trinajstić information content (AvgIpc) is 3.08. The van der Waals surface area contributed by atoms with Gasteiger partial charge in [0.1, 0.15) is 5.76 Å². The van der Waals surface area contributed by atoms with Crippen molar-refractivity contribution in [2.45, 2.75) is 78.1 Å². The van der Waals surface area contributed by atoms with Gasteiger partial charge in [0.25, 0.3) is 0 Å². The molecule has 0 radical (unpaired) electrons. The summed E-state index contributed by atoms with van der Waals surface area (Å²) in [6.45, 7) is 15.4. The number of hydrogen-bond acceptors (Lipinski definition) is 4. The van der Waals surface area contributed by atoms with Gasteiger partial charge < -0.3 is 4.42 Å². The normalized spacial score (nSPS) is 14.0. The number of nitrogens with zero attached hydrogens (tertiary/aromatic N) is 2. The predicted molar refractivity (Wildman–Crippen MR) is 92.9 cm³/mol. The van der Waals surface area contributed by atoms with Crippen molar-refractivity contribution in [2.24, 2.45) is 0 Å². The number of aromatic nitrogens is 2. The van der Waals surface area contributed by atoms with Crippen LogP contribution in [0.5, 0.6) is 0 Å². The van der Waals surface area contributed by atoms with Crippen LogP contribution in [0.25, 0.3) is 0 Å². The quantitative estimate of drug-likeness (QED) is 0.670. The molecule has 22 heavy (non-hydrogen) atoms. The molecule has 1 unspecified atom stereocenters. The predicted octanol–water partition coefficient (Wildman–Crippen LogP) is 5.85. The minimum atomic E-state index is -0.0385. The maximum Gasteiger partial charge on any atom is 0.196 e. The van der Waals surface area contributed by atoms with Crippen LogP contribution >= 0.6 is 11.3 Å². The van der Waals surface area contributed by atoms with E-state index in [2.05, 4.69) is 58.4 Å². The van der Waals surface area contributed by atoms with Gasteiger partial charge in [-0.3, -0.25) is 0 Å². The van der Waals surface area contributed by atoms with E-state index < -0.39 is 0 Å². The van der Waals surface area contributed by atoms with Crippen LogP contribution in [-0.2, 0) is 5.41 Å². The van der Waals surface area contributed by atoms with E-state index in [1.54, 1.807) is 0 Å². The van der Waals surface area contributed by atoms with E-state index in [-0.39, 0.29) is 5.41 Å². The fourth-order valence-electron chi connectivity index (χ4n) is 2.62. The van der Waals surface area contributed by atoms with Crippen molar-refractivity contribution >= 4 is 11.3 Å². The van der Waals surface area contributed by atoms with Crippen molar-refractivity contribution in [3.8, 4) is 0 Å². The molecule has 0 saturated carbocycles. The van der Waals surface area contributed by atoms with Crippen molar-refractivity contribution in [2.75, 3.05) is 0 Å². The Morgan fingerprint density at radius 3 is 2.23 bits per heavy atom. The molecule has 2 aromatic heterocycles. The fourth-order valence-corrected chi connectivity index (χ4v) is 3.59. The van der Waals surface area contributed by atoms with Crippen molar-refractivity contribution in [1.29, 1.82) is 0 Å². The maximum absolute atomic E-state index is 5.96. The first kappa shape index (κ1) is 17.2. The van der Waals surface area contributed by atoms with Gasteiger partial charge in [-0.25, -0.2) is 9.97 Å². The van der Waals surface area contributed by atoms with Gasteiger partial charge in [0.15, 0.2) is 5.89 Å². The number of oxazole rings is 1. The minimum Gasteiger partial charge on any atom is -0.445 e. The lowest BCUT2D eigenvalue weighted by Gasteiger charge is -2.24. The first-order chi connectivity index (χ1) is 10.2. The Balaban J connectivity index is 2.12. The van der Waals surface area contributed by atoms with Crippen LogP contribution in [0.3, 0.4) is 0 Å². The topological polar surface area (TPSA) is 38.9 Å². The Hall–Kier alpha value is -1.16. The van der Waals surface area contributed by atoms with Gasteiger partial charge in [0.05, 0.1) is 11.2 Å². The highest BCUT2D eigenvalue weighted by molar-refractivity contribution is 7.11. The van der Waals surface area contributed by atoms with Crippen molar-refractivity contribution in [1.82, 2.24) is 9.97 Å². The first-order valence-electron chi connectivity index (χ1n) is 8.12. The van der Waals surface area contributed by atoms with E-state index in [0.717, 1.165) is 18.1 Å². The molecule has 0 spiro atoms. The largest absolute Gasteiger partial charge is 0.445 e. The van der Waals surface area contributed by atoms with Gasteiger partial charge >= 0.3 is 0 Å². The summed E-state index contributed by atoms with van der Waals surface area (Å²) in [7, 11) is 0. The van der Waals surface area contributed by atoms with E-state index in [1.807, 2.05) is 23.7 Å². The molecule has 0 aliphatic heterocycles. The zero-order valence-corrected chi connectivity index (χ0v) is 15.6. The molecule has 0 aromatic carbocycles. The SMILES string of the molecule is CC(C)c1ncc(C(C)(C)CC(C)c2ncc(C(C)C)s2)o1. The van der Waals surface area contributed by atoms with Crippen molar-refractivity contribution in [3.63, 3.8) is 0 Å². The molecule has 4 heteroatoms. The molecule has 2 aromatic rings. The second-order valence-electron chi connectivity index (χ2n) is 7.46. The third-order valence-corrected chi connectivity index (χ3v) is 5.56. The van der Waals surface area contributed by atoms with Gasteiger partial charge in [-0.2, -0.15) is 0 Å². The molecular formula is C18H28N2OS. The lowest BCUT2D eigenvalue weighted by molar-refractivity contribution is 0.326. The zero-order chi connectivity index (χ0) is 16.5. The smallest absolute Gasteiger partial charge is 0.196 e. The van der Waals surface area contributed by atoms with Crippen LogP contribution in [0, 0.1) is 0 Å². The molecule has 0 amide bonds. The van der Waals surface area contributed by atoms with Gasteiger partial charge in [0, 0.05) is 28.3 Å². The van der Waals surface area contributed by atoms with Crippen LogP contribution in [0.15, 0.2) is 16.8 Å². The number of hydrogen-bond donors (Lipinski definition) is 0. The van der Waals surface area contributed by atoms with E-state index in [0.29, 0.717) is 17.8 Å². The Labute approximate surface area is 138 Å². The molecule has 0 fully saturated rings. The summed E-state index contributed by atoms with van der Waals surface area (Å²) < 4.78 is 5.96. The molecule has 122 valence electrons. The van der Waals surface area contributed by atoms with Crippen molar-refractivity contribution < 1.29 is 4.42 Å². The summed E-state index contributed by atoms with van der Waals surface area (Å²) in [6, 6.07) is 0. The maximum atomic E-state index is 5.96. The van der Waals surface area contributed by atoms with Gasteiger partial charge in [-0.1, -0.05) is 48.5 Å². The van der Waals surface area contributed by atoms with Crippen LogP contribution in [0.4, 0.5) is 0 Å². The molecule has 0 aliphatic carbocycles. The summed E-state index contributed by atoms with van der Waals surface area (Å²) in [4.78, 5) is 10.4. The highest BCUT2D eigenvalue weighted by Crippen LogP contribution is 2.37. The summed E-state index contributed by atoms with van der Waals surface area (Å²) in [5.41, 5.74) is -0.0385. The van der Waals surface area contributed by atoms with Crippen LogP contribution in [0.1, 0.15) is 94.2 Å². The molecule has 0 bridgehead atoms. The monoisotopic (exact) mass is 320 g/mol. The number of thiazole rings is 1. The zero-order valence-electron chi connectivity index (χ0n) is 14.8. The standard InChI is InChI=1S/C18H28N2OS/c1-11(2)14-9-20-17(22-14)13(5)8-18(6,7)15-10-19-16(21-15)12(3)4/h9-13H,8H2,1-7H3. The minimum absolute atomic E-state index is 0.0385. The summed E-state index contributed by atoms with van der Waals surface area (Å²) in [5.74, 6) is 3.10. The van der Waals surface area contributed by atoms with Crippen molar-refractivity contribution in [3.05, 3.63) is 33.9 Å². The molecule has 0 aliphatic rings. The van der Waals surface area contributed by atoms with Crippen LogP contribution < -0.4 is 0 Å². The Kier molecular flexibility index (Phi) is 5.10. The molecule has 1 atom stereocenters. The van der Waals surface area contributed by atoms with E-state index in [1.165, 1.54) is 9.88 Å². The molecule has 3 nitrogen and oxygen atoms in total. The average molecular weight is 321 g/mol. The van der Waals surface area contributed by atoms with Crippen LogP contribution in [0.2, 0.25) is 0 Å². The Morgan fingerprint density at radius 1 is 1.05 bits per heavy atom. The highest BCUT2D eigenvalue weighted by Gasteiger charge is 2.29. The third kappa shape index (κ3) is 3.78. The Bertz CT molecular complexity index is 610. The Morgan fingerprint density at radius 2 is 1.73 bits per heavy atom.